The molecule has 9 heavy (non-hydrogen) atoms. The minimum Gasteiger partial charge on any atom is -0.397 e. The van der Waals surface area contributed by atoms with E-state index < -0.39 is 0 Å². The van der Waals surface area contributed by atoms with E-state index in [1.165, 1.54) is 0 Å². The fraction of sp³-hybridized carbons (Fsp3) is 0.167. The van der Waals surface area contributed by atoms with E-state index in [0.29, 0.717) is 0 Å². The topological polar surface area (TPSA) is 38.9 Å². The molecule has 0 radical (unpaired) electrons. The van der Waals surface area contributed by atoms with Gasteiger partial charge >= 0.3 is 0 Å². The van der Waals surface area contributed by atoms with Crippen LogP contribution in [-0.4, -0.2) is 4.98 Å². The Morgan fingerprint density at radius 3 is 3.11 bits per heavy atom. The number of allylic oxidation sites excluding steroid dienone is 1. The van der Waals surface area contributed by atoms with Crippen LogP contribution < -0.4 is 5.73 Å². The largest absolute Gasteiger partial charge is 0.397 e. The first-order valence-corrected chi connectivity index (χ1v) is 3.54. The molecule has 1 aromatic heterocycles. The van der Waals surface area contributed by atoms with Crippen LogP contribution in [0.5, 0.6) is 0 Å². The maximum absolute atomic E-state index is 5.55. The second-order valence-electron chi connectivity index (χ2n) is 1.58. The predicted octanol–water partition coefficient (Wildman–Crippen LogP) is 1.46. The molecule has 0 fully saturated rings. The highest BCUT2D eigenvalue weighted by Crippen LogP contribution is 2.10. The molecule has 0 spiro atoms. The van der Waals surface area contributed by atoms with Gasteiger partial charge in [0.25, 0.3) is 0 Å². The van der Waals surface area contributed by atoms with Crippen molar-refractivity contribution < 1.29 is 0 Å². The summed E-state index contributed by atoms with van der Waals surface area (Å²) in [6.45, 7) is 1.90. The SMILES string of the molecule is CC=C(N)c1nccs1. The Kier molecular flexibility index (Phi) is 1.85. The number of nitrogens with two attached hydrogens (primary N) is 1. The number of hydrogen-bond donors (Lipinski definition) is 1. The van der Waals surface area contributed by atoms with Gasteiger partial charge in [0.15, 0.2) is 0 Å². The highest BCUT2D eigenvalue weighted by Gasteiger charge is 1.94. The summed E-state index contributed by atoms with van der Waals surface area (Å²) in [7, 11) is 0. The first kappa shape index (κ1) is 6.29. The highest BCUT2D eigenvalue weighted by atomic mass is 32.1. The highest BCUT2D eigenvalue weighted by molar-refractivity contribution is 7.10. The Morgan fingerprint density at radius 2 is 2.67 bits per heavy atom. The molecule has 0 aliphatic rings. The first-order chi connectivity index (χ1) is 4.34. The van der Waals surface area contributed by atoms with Crippen molar-refractivity contribution in [2.45, 2.75) is 6.92 Å². The number of rotatable bonds is 1. The van der Waals surface area contributed by atoms with E-state index in [0.717, 1.165) is 10.7 Å². The van der Waals surface area contributed by atoms with E-state index in [1.54, 1.807) is 17.5 Å². The average molecular weight is 140 g/mol. The van der Waals surface area contributed by atoms with Gasteiger partial charge in [0, 0.05) is 11.6 Å². The lowest BCUT2D eigenvalue weighted by Gasteiger charge is -1.89. The monoisotopic (exact) mass is 140 g/mol. The van der Waals surface area contributed by atoms with Gasteiger partial charge in [0.1, 0.15) is 5.01 Å². The molecule has 0 aliphatic heterocycles. The Labute approximate surface area is 58.0 Å². The van der Waals surface area contributed by atoms with Crippen molar-refractivity contribution in [2.24, 2.45) is 5.73 Å². The van der Waals surface area contributed by atoms with Crippen molar-refractivity contribution in [2.75, 3.05) is 0 Å². The van der Waals surface area contributed by atoms with Crippen LogP contribution in [0.3, 0.4) is 0 Å². The normalized spacial score (nSPS) is 11.9. The third kappa shape index (κ3) is 1.29. The van der Waals surface area contributed by atoms with Gasteiger partial charge in [0.05, 0.1) is 5.70 Å². The molecule has 0 aromatic carbocycles. The van der Waals surface area contributed by atoms with E-state index in [1.807, 2.05) is 18.4 Å². The molecule has 2 N–H and O–H groups in total. The maximum atomic E-state index is 5.55. The van der Waals surface area contributed by atoms with Crippen molar-refractivity contribution >= 4 is 17.0 Å². The summed E-state index contributed by atoms with van der Waals surface area (Å²) in [5, 5.41) is 2.81. The molecule has 0 saturated carbocycles. The van der Waals surface area contributed by atoms with Gasteiger partial charge in [-0.1, -0.05) is 6.08 Å². The number of nitrogens with zero attached hydrogens (tertiary/aromatic N) is 1. The summed E-state index contributed by atoms with van der Waals surface area (Å²) in [4.78, 5) is 4.01. The van der Waals surface area contributed by atoms with Crippen molar-refractivity contribution in [1.29, 1.82) is 0 Å². The van der Waals surface area contributed by atoms with Crippen LogP contribution in [0.15, 0.2) is 17.7 Å². The van der Waals surface area contributed by atoms with Crippen molar-refractivity contribution in [3.8, 4) is 0 Å². The zero-order chi connectivity index (χ0) is 6.69. The zero-order valence-electron chi connectivity index (χ0n) is 5.16. The molecule has 1 heterocycles. The molecule has 0 amide bonds. The minimum absolute atomic E-state index is 0.755. The molecule has 0 atom stereocenters. The molecule has 0 bridgehead atoms. The van der Waals surface area contributed by atoms with Crippen LogP contribution in [0, 0.1) is 0 Å². The molecule has 1 aromatic rings. The lowest BCUT2D eigenvalue weighted by Crippen LogP contribution is -1.93. The van der Waals surface area contributed by atoms with Crippen molar-refractivity contribution in [3.05, 3.63) is 22.7 Å². The molecule has 48 valence electrons. The summed E-state index contributed by atoms with van der Waals surface area (Å²) in [6, 6.07) is 0. The van der Waals surface area contributed by atoms with Crippen LogP contribution >= 0.6 is 11.3 Å². The molecule has 3 heteroatoms. The first-order valence-electron chi connectivity index (χ1n) is 2.66. The summed E-state index contributed by atoms with van der Waals surface area (Å²) in [5.74, 6) is 0. The van der Waals surface area contributed by atoms with Crippen LogP contribution in [0.1, 0.15) is 11.9 Å². The summed E-state index contributed by atoms with van der Waals surface area (Å²) in [6.07, 6.45) is 3.59. The van der Waals surface area contributed by atoms with Gasteiger partial charge in [-0.2, -0.15) is 0 Å². The Bertz CT molecular complexity index is 201. The van der Waals surface area contributed by atoms with E-state index in [-0.39, 0.29) is 0 Å². The third-order valence-corrected chi connectivity index (χ3v) is 1.81. The van der Waals surface area contributed by atoms with Crippen molar-refractivity contribution in [1.82, 2.24) is 4.98 Å². The molecule has 0 aliphatic carbocycles. The van der Waals surface area contributed by atoms with E-state index in [2.05, 4.69) is 4.98 Å². The lowest BCUT2D eigenvalue weighted by atomic mass is 10.4. The molecule has 0 saturated heterocycles. The molecular weight excluding hydrogens is 132 g/mol. The Morgan fingerprint density at radius 1 is 1.89 bits per heavy atom. The van der Waals surface area contributed by atoms with Gasteiger partial charge in [-0.25, -0.2) is 4.98 Å². The summed E-state index contributed by atoms with van der Waals surface area (Å²) >= 11 is 1.55. The zero-order valence-corrected chi connectivity index (χ0v) is 5.98. The number of thiazole rings is 1. The van der Waals surface area contributed by atoms with Gasteiger partial charge < -0.3 is 5.73 Å². The minimum atomic E-state index is 0.755. The standard InChI is InChI=1S/C6H8N2S/c1-2-5(7)6-8-3-4-9-6/h2-4H,7H2,1H3. The second-order valence-corrected chi connectivity index (χ2v) is 2.48. The lowest BCUT2D eigenvalue weighted by molar-refractivity contribution is 1.34. The fourth-order valence-electron chi connectivity index (χ4n) is 0.489. The average Bonchev–Trinajstić information content (AvgIpc) is 2.37. The molecule has 1 rings (SSSR count). The van der Waals surface area contributed by atoms with E-state index in [4.69, 9.17) is 5.73 Å². The van der Waals surface area contributed by atoms with Gasteiger partial charge in [-0.05, 0) is 6.92 Å². The smallest absolute Gasteiger partial charge is 0.138 e. The quantitative estimate of drug-likeness (QED) is 0.641. The maximum Gasteiger partial charge on any atom is 0.138 e. The fourth-order valence-corrected chi connectivity index (χ4v) is 1.12. The summed E-state index contributed by atoms with van der Waals surface area (Å²) < 4.78 is 0. The van der Waals surface area contributed by atoms with Crippen LogP contribution in [-0.2, 0) is 0 Å². The molecular formula is C6H8N2S. The van der Waals surface area contributed by atoms with Crippen LogP contribution in [0.4, 0.5) is 0 Å². The van der Waals surface area contributed by atoms with Gasteiger partial charge in [-0.15, -0.1) is 11.3 Å². The van der Waals surface area contributed by atoms with Gasteiger partial charge in [-0.3, -0.25) is 0 Å². The Balaban J connectivity index is 2.90. The third-order valence-electron chi connectivity index (χ3n) is 0.990. The van der Waals surface area contributed by atoms with Crippen molar-refractivity contribution in [3.63, 3.8) is 0 Å². The van der Waals surface area contributed by atoms with Gasteiger partial charge in [0.2, 0.25) is 0 Å². The van der Waals surface area contributed by atoms with E-state index in [9.17, 15) is 0 Å². The predicted molar refractivity (Wildman–Crippen MR) is 40.0 cm³/mol. The molecule has 0 unspecified atom stereocenters. The second kappa shape index (κ2) is 2.64. The van der Waals surface area contributed by atoms with Crippen LogP contribution in [0.25, 0.3) is 5.70 Å². The number of hydrogen-bond acceptors (Lipinski definition) is 3. The molecule has 2 nitrogen and oxygen atoms in total. The Hall–Kier alpha value is -0.830. The van der Waals surface area contributed by atoms with E-state index >= 15 is 0 Å². The summed E-state index contributed by atoms with van der Waals surface area (Å²) in [5.41, 5.74) is 6.30. The van der Waals surface area contributed by atoms with Crippen LogP contribution in [0.2, 0.25) is 0 Å². The number of aromatic nitrogens is 1.